The number of nitrogens with one attached hydrogen (secondary N) is 1. The Morgan fingerprint density at radius 2 is 1.87 bits per heavy atom. The van der Waals surface area contributed by atoms with Crippen LogP contribution < -0.4 is 5.32 Å². The number of aryl methyl sites for hydroxylation is 1. The molecule has 234 valence electrons. The van der Waals surface area contributed by atoms with Gasteiger partial charge in [0.25, 0.3) is 11.7 Å². The number of ether oxygens (including phenoxy) is 1. The summed E-state index contributed by atoms with van der Waals surface area (Å²) in [7, 11) is 0. The van der Waals surface area contributed by atoms with Crippen molar-refractivity contribution >= 4 is 23.3 Å². The molecule has 1 fully saturated rings. The highest BCUT2D eigenvalue weighted by atomic mass is 35.5. The average molecular weight is 653 g/mol. The van der Waals surface area contributed by atoms with Crippen LogP contribution >= 0.6 is 11.6 Å². The van der Waals surface area contributed by atoms with Gasteiger partial charge in [0.05, 0.1) is 48.1 Å². The number of hydrogen-bond donors (Lipinski definition) is 1. The van der Waals surface area contributed by atoms with E-state index in [2.05, 4.69) is 25.5 Å². The molecule has 0 bridgehead atoms. The number of carbonyl (C=O) groups excluding carboxylic acids is 2. The Morgan fingerprint density at radius 1 is 1.13 bits per heavy atom. The Labute approximate surface area is 254 Å². The second kappa shape index (κ2) is 11.9. The molecule has 18 heteroatoms. The van der Waals surface area contributed by atoms with Crippen LogP contribution in [0, 0.1) is 18.3 Å². The van der Waals surface area contributed by atoms with Gasteiger partial charge in [0.2, 0.25) is 5.82 Å². The largest absolute Gasteiger partial charge is 0.453 e. The summed E-state index contributed by atoms with van der Waals surface area (Å²) in [6.45, 7) is 1.21. The van der Waals surface area contributed by atoms with E-state index in [-0.39, 0.29) is 62.9 Å². The number of halogens is 7. The summed E-state index contributed by atoms with van der Waals surface area (Å²) in [5.74, 6) is -5.28. The maximum atomic E-state index is 13.8. The molecule has 45 heavy (non-hydrogen) atoms. The maximum absolute atomic E-state index is 13.8. The number of carbonyl (C=O) groups is 2. The van der Waals surface area contributed by atoms with Crippen molar-refractivity contribution in [3.63, 3.8) is 0 Å². The summed E-state index contributed by atoms with van der Waals surface area (Å²) in [5.41, 5.74) is 0.339. The van der Waals surface area contributed by atoms with Crippen molar-refractivity contribution in [1.29, 1.82) is 5.26 Å². The molecule has 1 amide bonds. The third kappa shape index (κ3) is 6.66. The summed E-state index contributed by atoms with van der Waals surface area (Å²) in [4.78, 5) is 33.6. The van der Waals surface area contributed by atoms with Crippen LogP contribution in [0.5, 0.6) is 0 Å². The number of aromatic nitrogens is 6. The first kappa shape index (κ1) is 31.6. The number of pyridine rings is 1. The van der Waals surface area contributed by atoms with Crippen molar-refractivity contribution in [2.45, 2.75) is 38.3 Å². The molecule has 3 aromatic heterocycles. The first-order valence-corrected chi connectivity index (χ1v) is 13.3. The van der Waals surface area contributed by atoms with E-state index >= 15 is 0 Å². The molecule has 5 rings (SSSR count). The van der Waals surface area contributed by atoms with Crippen LogP contribution in [0.2, 0.25) is 5.02 Å². The van der Waals surface area contributed by atoms with Crippen LogP contribution in [-0.4, -0.2) is 60.5 Å². The Kier molecular flexibility index (Phi) is 8.38. The summed E-state index contributed by atoms with van der Waals surface area (Å²) in [6, 6.07) is 8.43. The van der Waals surface area contributed by atoms with Crippen molar-refractivity contribution in [2.24, 2.45) is 0 Å². The summed E-state index contributed by atoms with van der Waals surface area (Å²) in [6.07, 6.45) is -9.69. The van der Waals surface area contributed by atoms with Gasteiger partial charge in [0.1, 0.15) is 5.69 Å². The molecule has 1 aromatic carbocycles. The molecule has 1 N–H and O–H groups in total. The number of nitriles is 1. The summed E-state index contributed by atoms with van der Waals surface area (Å²) >= 11 is 6.27. The Hall–Kier alpha value is -4.82. The van der Waals surface area contributed by atoms with Gasteiger partial charge in [0, 0.05) is 18.2 Å². The van der Waals surface area contributed by atoms with Crippen LogP contribution in [0.1, 0.15) is 54.9 Å². The Balaban J connectivity index is 1.56. The van der Waals surface area contributed by atoms with Gasteiger partial charge in [-0.25, -0.2) is 14.3 Å². The molecule has 0 saturated carbocycles. The molecule has 11 nitrogen and oxygen atoms in total. The molecule has 4 heterocycles. The number of nitrogens with zero attached hydrogens (tertiary/aromatic N) is 7. The number of amides is 1. The standard InChI is InChI=1S/C27H19ClF6N8O3/c1-13-5-14(9-35)6-18(23(44)37-16-11-45-12-16)17(13)8-21(43)20-7-15(39-42(20)22-19(28)3-2-4-36-22)10-41-25(27(32,33)34)38-24(40-41)26(29,30)31/h2-7,16H,8,10-12H2,1H3,(H,37,44). The molecule has 0 radical (unpaired) electrons. The van der Waals surface area contributed by atoms with Crippen LogP contribution in [0.3, 0.4) is 0 Å². The van der Waals surface area contributed by atoms with Crippen LogP contribution in [0.4, 0.5) is 26.3 Å². The number of Topliss-reactive ketones (excluding diaryl/α,β-unsaturated/α-hetero) is 1. The average Bonchev–Trinajstić information content (AvgIpc) is 3.57. The van der Waals surface area contributed by atoms with Crippen molar-refractivity contribution in [2.75, 3.05) is 13.2 Å². The van der Waals surface area contributed by atoms with E-state index in [1.54, 1.807) is 6.92 Å². The van der Waals surface area contributed by atoms with Gasteiger partial charge in [-0.05, 0) is 48.4 Å². The Bertz CT molecular complexity index is 1840. The maximum Gasteiger partial charge on any atom is 0.453 e. The number of hydrogen-bond acceptors (Lipinski definition) is 8. The number of ketones is 1. The Morgan fingerprint density at radius 3 is 2.47 bits per heavy atom. The number of benzene rings is 1. The van der Waals surface area contributed by atoms with Gasteiger partial charge in [-0.15, -0.1) is 5.10 Å². The quantitative estimate of drug-likeness (QED) is 0.219. The van der Waals surface area contributed by atoms with E-state index in [4.69, 9.17) is 16.3 Å². The molecule has 0 aliphatic carbocycles. The predicted octanol–water partition coefficient (Wildman–Crippen LogP) is 4.33. The zero-order valence-electron chi connectivity index (χ0n) is 22.9. The molecule has 0 atom stereocenters. The van der Waals surface area contributed by atoms with Crippen LogP contribution in [0.25, 0.3) is 5.82 Å². The molecule has 0 unspecified atom stereocenters. The van der Waals surface area contributed by atoms with Crippen molar-refractivity contribution < 1.29 is 40.7 Å². The normalized spacial score (nSPS) is 13.8. The van der Waals surface area contributed by atoms with Gasteiger partial charge >= 0.3 is 12.4 Å². The van der Waals surface area contributed by atoms with E-state index in [1.807, 2.05) is 6.07 Å². The highest BCUT2D eigenvalue weighted by Crippen LogP contribution is 2.33. The van der Waals surface area contributed by atoms with E-state index in [1.165, 1.54) is 30.5 Å². The fourth-order valence-corrected chi connectivity index (χ4v) is 4.69. The molecule has 0 spiro atoms. The van der Waals surface area contributed by atoms with Crippen molar-refractivity contribution in [3.8, 4) is 11.9 Å². The van der Waals surface area contributed by atoms with Crippen molar-refractivity contribution in [3.05, 3.63) is 86.8 Å². The van der Waals surface area contributed by atoms with Gasteiger partial charge in [-0.1, -0.05) is 11.6 Å². The van der Waals surface area contributed by atoms with Gasteiger partial charge in [-0.3, -0.25) is 9.59 Å². The van der Waals surface area contributed by atoms with Gasteiger partial charge in [-0.2, -0.15) is 41.7 Å². The fraction of sp³-hybridized carbons (Fsp3) is 0.296. The second-order valence-corrected chi connectivity index (χ2v) is 10.3. The molecule has 1 saturated heterocycles. The van der Waals surface area contributed by atoms with E-state index in [9.17, 15) is 41.2 Å². The molecular formula is C27H19ClF6N8O3. The predicted molar refractivity (Wildman–Crippen MR) is 141 cm³/mol. The highest BCUT2D eigenvalue weighted by Gasteiger charge is 2.44. The fourth-order valence-electron chi connectivity index (χ4n) is 4.49. The lowest BCUT2D eigenvalue weighted by Gasteiger charge is -2.27. The molecular weight excluding hydrogens is 634 g/mol. The first-order chi connectivity index (χ1) is 21.2. The number of rotatable bonds is 8. The second-order valence-electron chi connectivity index (χ2n) is 9.89. The number of alkyl halides is 6. The highest BCUT2D eigenvalue weighted by molar-refractivity contribution is 6.32. The monoisotopic (exact) mass is 652 g/mol. The third-order valence-electron chi connectivity index (χ3n) is 6.63. The first-order valence-electron chi connectivity index (χ1n) is 12.9. The SMILES string of the molecule is Cc1cc(C#N)cc(C(=O)NC2COC2)c1CC(=O)c1cc(Cn2nc(C(F)(F)F)nc2C(F)(F)F)nn1-c1ncccc1Cl. The van der Waals surface area contributed by atoms with E-state index in [0.717, 1.165) is 10.7 Å². The minimum atomic E-state index is -5.29. The zero-order valence-corrected chi connectivity index (χ0v) is 23.6. The van der Waals surface area contributed by atoms with Gasteiger partial charge < -0.3 is 10.1 Å². The summed E-state index contributed by atoms with van der Waals surface area (Å²) < 4.78 is 86.2. The topological polar surface area (TPSA) is 141 Å². The minimum absolute atomic E-state index is 0.00497. The lowest BCUT2D eigenvalue weighted by atomic mass is 9.93. The molecule has 4 aromatic rings. The van der Waals surface area contributed by atoms with Crippen LogP contribution in [0.15, 0.2) is 36.5 Å². The van der Waals surface area contributed by atoms with Crippen LogP contribution in [-0.2, 0) is 30.1 Å². The van der Waals surface area contributed by atoms with E-state index in [0.29, 0.717) is 5.56 Å². The molecule has 1 aliphatic rings. The summed E-state index contributed by atoms with van der Waals surface area (Å²) in [5, 5.41) is 19.3. The zero-order chi connectivity index (χ0) is 32.7. The van der Waals surface area contributed by atoms with E-state index < -0.39 is 48.7 Å². The smallest absolute Gasteiger partial charge is 0.377 e. The minimum Gasteiger partial charge on any atom is -0.377 e. The third-order valence-corrected chi connectivity index (χ3v) is 6.93. The van der Waals surface area contributed by atoms with Gasteiger partial charge in [0.15, 0.2) is 11.6 Å². The molecule has 1 aliphatic heterocycles. The lowest BCUT2D eigenvalue weighted by Crippen LogP contribution is -2.48. The lowest BCUT2D eigenvalue weighted by molar-refractivity contribution is -0.150. The van der Waals surface area contributed by atoms with Crippen molar-refractivity contribution in [1.82, 2.24) is 34.8 Å².